The number of hydrogen-bond acceptors (Lipinski definition) is 4. The van der Waals surface area contributed by atoms with Crippen molar-refractivity contribution in [2.75, 3.05) is 26.8 Å². The lowest BCUT2D eigenvalue weighted by Gasteiger charge is -2.31. The van der Waals surface area contributed by atoms with Crippen molar-refractivity contribution in [1.29, 1.82) is 0 Å². The third-order valence-corrected chi connectivity index (χ3v) is 7.99. The van der Waals surface area contributed by atoms with Crippen molar-refractivity contribution in [3.63, 3.8) is 0 Å². The molecular weight excluding hydrogens is 472 g/mol. The molecule has 2 atom stereocenters. The van der Waals surface area contributed by atoms with Crippen LogP contribution in [0.2, 0.25) is 0 Å². The van der Waals surface area contributed by atoms with Crippen LogP contribution >= 0.6 is 0 Å². The van der Waals surface area contributed by atoms with Gasteiger partial charge in [-0.2, -0.15) is 0 Å². The molecule has 4 rings (SSSR count). The van der Waals surface area contributed by atoms with Crippen LogP contribution in [0.3, 0.4) is 0 Å². The SMILES string of the molecule is COCCNC(=O)c1ccc2c(c1C)=CN(CC1CCC=C(C(=O)c3cccc(C)c3)CCC1)C(C)CC=2. The predicted molar refractivity (Wildman–Crippen MR) is 155 cm³/mol. The minimum absolute atomic E-state index is 0.0533. The molecule has 0 aromatic heterocycles. The predicted octanol–water partition coefficient (Wildman–Crippen LogP) is 4.68. The molecule has 202 valence electrons. The highest BCUT2D eigenvalue weighted by Gasteiger charge is 2.21. The minimum Gasteiger partial charge on any atom is -0.383 e. The number of allylic oxidation sites excluding steroid dienone is 2. The number of aryl methyl sites for hydroxylation is 1. The number of nitrogens with zero attached hydrogens (tertiary/aromatic N) is 1. The van der Waals surface area contributed by atoms with Crippen LogP contribution < -0.4 is 15.8 Å². The molecule has 38 heavy (non-hydrogen) atoms. The molecule has 2 aromatic carbocycles. The highest BCUT2D eigenvalue weighted by molar-refractivity contribution is 6.08. The Balaban J connectivity index is 1.48. The normalized spacial score (nSPS) is 19.6. The number of ether oxygens (including phenoxy) is 1. The van der Waals surface area contributed by atoms with E-state index >= 15 is 0 Å². The maximum atomic E-state index is 13.1. The molecule has 0 spiro atoms. The molecule has 2 aromatic rings. The lowest BCUT2D eigenvalue weighted by molar-refractivity contribution is 0.0935. The molecule has 1 aliphatic carbocycles. The standard InChI is InChI=1S/C33H42N2O3/c1-23-8-5-13-29(20-23)32(36)28-11-6-9-26(10-7-12-28)21-35-22-31-25(3)30(33(37)34-18-19-38-4)17-16-27(31)15-14-24(35)2/h5,8,11,13,15-17,20,22,24,26H,6-7,9-10,12,14,18-19,21H2,1-4H3,(H,34,37). The molecule has 0 saturated heterocycles. The average molecular weight is 515 g/mol. The fourth-order valence-corrected chi connectivity index (χ4v) is 5.64. The van der Waals surface area contributed by atoms with Crippen molar-refractivity contribution in [1.82, 2.24) is 10.2 Å². The van der Waals surface area contributed by atoms with Crippen molar-refractivity contribution in [3.8, 4) is 0 Å². The number of fused-ring (bicyclic) bond motifs is 1. The number of ketones is 1. The van der Waals surface area contributed by atoms with E-state index in [-0.39, 0.29) is 11.7 Å². The largest absolute Gasteiger partial charge is 0.383 e. The molecule has 1 heterocycles. The Morgan fingerprint density at radius 3 is 2.74 bits per heavy atom. The molecule has 2 unspecified atom stereocenters. The second kappa shape index (κ2) is 13.1. The third kappa shape index (κ3) is 6.82. The number of carbonyl (C=O) groups is 2. The Morgan fingerprint density at radius 1 is 1.11 bits per heavy atom. The summed E-state index contributed by atoms with van der Waals surface area (Å²) in [6, 6.07) is 12.3. The zero-order valence-electron chi connectivity index (χ0n) is 23.4. The van der Waals surface area contributed by atoms with E-state index in [1.165, 1.54) is 5.22 Å². The first-order valence-corrected chi connectivity index (χ1v) is 14.0. The number of methoxy groups -OCH3 is 1. The topological polar surface area (TPSA) is 58.6 Å². The maximum Gasteiger partial charge on any atom is 0.251 e. The van der Waals surface area contributed by atoms with E-state index in [2.05, 4.69) is 48.5 Å². The van der Waals surface area contributed by atoms with Crippen LogP contribution in [-0.2, 0) is 4.74 Å². The lowest BCUT2D eigenvalue weighted by Crippen LogP contribution is -2.37. The van der Waals surface area contributed by atoms with Gasteiger partial charge in [-0.25, -0.2) is 0 Å². The van der Waals surface area contributed by atoms with Gasteiger partial charge in [-0.1, -0.05) is 42.0 Å². The fourth-order valence-electron chi connectivity index (χ4n) is 5.64. The van der Waals surface area contributed by atoms with Gasteiger partial charge in [0.05, 0.1) is 6.61 Å². The molecule has 1 N–H and O–H groups in total. The van der Waals surface area contributed by atoms with Gasteiger partial charge in [0.25, 0.3) is 5.91 Å². The van der Waals surface area contributed by atoms with E-state index in [9.17, 15) is 9.59 Å². The zero-order valence-corrected chi connectivity index (χ0v) is 23.4. The van der Waals surface area contributed by atoms with Crippen molar-refractivity contribution >= 4 is 24.0 Å². The van der Waals surface area contributed by atoms with Crippen molar-refractivity contribution in [3.05, 3.63) is 80.7 Å². The highest BCUT2D eigenvalue weighted by Crippen LogP contribution is 2.26. The van der Waals surface area contributed by atoms with Crippen LogP contribution in [0.5, 0.6) is 0 Å². The Bertz CT molecular complexity index is 1310. The van der Waals surface area contributed by atoms with Gasteiger partial charge in [0.15, 0.2) is 5.78 Å². The summed E-state index contributed by atoms with van der Waals surface area (Å²) in [4.78, 5) is 28.4. The number of nitrogens with one attached hydrogen (secondary N) is 1. The van der Waals surface area contributed by atoms with Crippen LogP contribution in [0.4, 0.5) is 0 Å². The van der Waals surface area contributed by atoms with Crippen molar-refractivity contribution in [2.45, 2.75) is 65.3 Å². The number of amides is 1. The number of carbonyl (C=O) groups excluding carboxylic acids is 2. The minimum atomic E-state index is -0.0533. The summed E-state index contributed by atoms with van der Waals surface area (Å²) in [5.41, 5.74) is 4.64. The summed E-state index contributed by atoms with van der Waals surface area (Å²) >= 11 is 0. The van der Waals surface area contributed by atoms with Gasteiger partial charge in [-0.15, -0.1) is 0 Å². The van der Waals surface area contributed by atoms with E-state index in [0.717, 1.165) is 78.1 Å². The van der Waals surface area contributed by atoms with Crippen LogP contribution in [-0.4, -0.2) is 49.4 Å². The molecule has 5 nitrogen and oxygen atoms in total. The van der Waals surface area contributed by atoms with Gasteiger partial charge in [0.2, 0.25) is 0 Å². The summed E-state index contributed by atoms with van der Waals surface area (Å²) in [6.45, 7) is 8.36. The van der Waals surface area contributed by atoms with E-state index in [0.29, 0.717) is 25.1 Å². The van der Waals surface area contributed by atoms with Gasteiger partial charge >= 0.3 is 0 Å². The Kier molecular flexibility index (Phi) is 9.57. The molecule has 0 radical (unpaired) electrons. The number of Topliss-reactive ketones (excluding diaryl/α,β-unsaturated/α-hetero) is 1. The summed E-state index contributed by atoms with van der Waals surface area (Å²) in [5, 5.41) is 5.30. The number of benzene rings is 2. The van der Waals surface area contributed by atoms with Crippen molar-refractivity contribution in [2.24, 2.45) is 5.92 Å². The smallest absolute Gasteiger partial charge is 0.251 e. The maximum absolute atomic E-state index is 13.1. The molecular formula is C33H42N2O3. The fraction of sp³-hybridized carbons (Fsp3) is 0.455. The zero-order chi connectivity index (χ0) is 27.1. The molecule has 1 amide bonds. The molecule has 0 bridgehead atoms. The van der Waals surface area contributed by atoms with Crippen LogP contribution in [0, 0.1) is 19.8 Å². The Hall–Kier alpha value is -3.18. The second-order valence-electron chi connectivity index (χ2n) is 10.9. The van der Waals surface area contributed by atoms with E-state index < -0.39 is 0 Å². The number of rotatable bonds is 8. The first-order chi connectivity index (χ1) is 18.4. The summed E-state index contributed by atoms with van der Waals surface area (Å²) in [5.74, 6) is 0.705. The molecule has 0 saturated carbocycles. The summed E-state index contributed by atoms with van der Waals surface area (Å²) < 4.78 is 5.07. The van der Waals surface area contributed by atoms with Gasteiger partial charge < -0.3 is 15.0 Å². The molecule has 1 aliphatic heterocycles. The highest BCUT2D eigenvalue weighted by atomic mass is 16.5. The monoisotopic (exact) mass is 514 g/mol. The third-order valence-electron chi connectivity index (χ3n) is 7.99. The first-order valence-electron chi connectivity index (χ1n) is 14.0. The molecule has 5 heteroatoms. The molecule has 0 fully saturated rings. The van der Waals surface area contributed by atoms with E-state index in [1.54, 1.807) is 7.11 Å². The Labute approximate surface area is 227 Å². The van der Waals surface area contributed by atoms with Crippen LogP contribution in [0.25, 0.3) is 12.3 Å². The second-order valence-corrected chi connectivity index (χ2v) is 10.9. The van der Waals surface area contributed by atoms with Crippen LogP contribution in [0.15, 0.2) is 48.0 Å². The van der Waals surface area contributed by atoms with Crippen LogP contribution in [0.1, 0.15) is 77.3 Å². The average Bonchev–Trinajstić information content (AvgIpc) is 3.04. The van der Waals surface area contributed by atoms with Gasteiger partial charge in [-0.05, 0) is 93.7 Å². The number of hydrogen-bond donors (Lipinski definition) is 1. The summed E-state index contributed by atoms with van der Waals surface area (Å²) in [7, 11) is 1.64. The van der Waals surface area contributed by atoms with Crippen molar-refractivity contribution < 1.29 is 14.3 Å². The van der Waals surface area contributed by atoms with Gasteiger partial charge in [0, 0.05) is 48.8 Å². The van der Waals surface area contributed by atoms with Gasteiger partial charge in [0.1, 0.15) is 0 Å². The van der Waals surface area contributed by atoms with Gasteiger partial charge in [-0.3, -0.25) is 9.59 Å². The lowest BCUT2D eigenvalue weighted by atomic mass is 9.88. The molecule has 2 aliphatic rings. The quantitative estimate of drug-likeness (QED) is 0.411. The first kappa shape index (κ1) is 27.8. The van der Waals surface area contributed by atoms with E-state index in [1.807, 2.05) is 37.3 Å². The van der Waals surface area contributed by atoms with E-state index in [4.69, 9.17) is 4.74 Å². The summed E-state index contributed by atoms with van der Waals surface area (Å²) in [6.07, 6.45) is 12.8. The Morgan fingerprint density at radius 2 is 1.95 bits per heavy atom.